The maximum atomic E-state index is 5.10. The molecule has 0 aromatic heterocycles. The molecule has 0 amide bonds. The van der Waals surface area contributed by atoms with Gasteiger partial charge < -0.3 is 14.8 Å². The molecular weight excluding hydrogens is 204 g/mol. The first-order chi connectivity index (χ1) is 7.85. The van der Waals surface area contributed by atoms with Gasteiger partial charge in [0.15, 0.2) is 0 Å². The summed E-state index contributed by atoms with van der Waals surface area (Å²) in [7, 11) is 3.49. The Morgan fingerprint density at radius 3 is 2.06 bits per heavy atom. The van der Waals surface area contributed by atoms with Crippen LogP contribution in [0.4, 0.5) is 0 Å². The fourth-order valence-electron chi connectivity index (χ4n) is 1.51. The summed E-state index contributed by atoms with van der Waals surface area (Å²) in [4.78, 5) is 2.39. The molecule has 0 radical (unpaired) electrons. The van der Waals surface area contributed by atoms with E-state index in [0.717, 1.165) is 45.9 Å². The highest BCUT2D eigenvalue weighted by Gasteiger charge is 2.03. The van der Waals surface area contributed by atoms with E-state index in [0.29, 0.717) is 0 Å². The summed E-state index contributed by atoms with van der Waals surface area (Å²) in [6.45, 7) is 9.11. The first kappa shape index (κ1) is 15.8. The van der Waals surface area contributed by atoms with Crippen LogP contribution >= 0.6 is 0 Å². The largest absolute Gasteiger partial charge is 0.383 e. The molecule has 0 unspecified atom stereocenters. The van der Waals surface area contributed by atoms with Crippen molar-refractivity contribution in [1.82, 2.24) is 10.2 Å². The Morgan fingerprint density at radius 2 is 1.56 bits per heavy atom. The van der Waals surface area contributed by atoms with E-state index in [9.17, 15) is 0 Å². The Bertz CT molecular complexity index is 126. The summed E-state index contributed by atoms with van der Waals surface area (Å²) >= 11 is 0. The predicted octanol–water partition coefficient (Wildman–Crippen LogP) is 0.971. The van der Waals surface area contributed by atoms with Crippen LogP contribution in [0.15, 0.2) is 0 Å². The topological polar surface area (TPSA) is 33.7 Å². The Hall–Kier alpha value is -0.160. The zero-order valence-electron chi connectivity index (χ0n) is 11.1. The van der Waals surface area contributed by atoms with Gasteiger partial charge >= 0.3 is 0 Å². The molecule has 0 bridgehead atoms. The second-order valence-electron chi connectivity index (χ2n) is 3.93. The van der Waals surface area contributed by atoms with Crippen molar-refractivity contribution in [1.29, 1.82) is 0 Å². The van der Waals surface area contributed by atoms with Gasteiger partial charge in [0.2, 0.25) is 0 Å². The SMILES string of the molecule is CCCNCCCN(CCOC)CCOC. The molecule has 1 N–H and O–H groups in total. The van der Waals surface area contributed by atoms with E-state index in [1.54, 1.807) is 14.2 Å². The second kappa shape index (κ2) is 12.9. The van der Waals surface area contributed by atoms with Crippen LogP contribution in [-0.4, -0.2) is 65.1 Å². The molecule has 0 saturated carbocycles. The summed E-state index contributed by atoms with van der Waals surface area (Å²) in [6.07, 6.45) is 2.39. The van der Waals surface area contributed by atoms with Crippen molar-refractivity contribution in [3.63, 3.8) is 0 Å². The molecular formula is C12H28N2O2. The minimum absolute atomic E-state index is 0.798. The van der Waals surface area contributed by atoms with Gasteiger partial charge in [-0.1, -0.05) is 6.92 Å². The van der Waals surface area contributed by atoms with Gasteiger partial charge in [0.1, 0.15) is 0 Å². The Kier molecular flexibility index (Phi) is 12.8. The van der Waals surface area contributed by atoms with Gasteiger partial charge in [-0.15, -0.1) is 0 Å². The zero-order chi connectivity index (χ0) is 12.1. The van der Waals surface area contributed by atoms with E-state index >= 15 is 0 Å². The molecule has 4 heteroatoms. The number of nitrogens with zero attached hydrogens (tertiary/aromatic N) is 1. The molecule has 0 aliphatic rings. The van der Waals surface area contributed by atoms with Crippen molar-refractivity contribution < 1.29 is 9.47 Å². The van der Waals surface area contributed by atoms with E-state index in [1.165, 1.54) is 12.8 Å². The summed E-state index contributed by atoms with van der Waals surface area (Å²) in [6, 6.07) is 0. The lowest BCUT2D eigenvalue weighted by molar-refractivity contribution is 0.113. The highest BCUT2D eigenvalue weighted by molar-refractivity contribution is 4.58. The van der Waals surface area contributed by atoms with Crippen molar-refractivity contribution in [3.05, 3.63) is 0 Å². The van der Waals surface area contributed by atoms with Crippen molar-refractivity contribution in [2.75, 3.05) is 60.2 Å². The Morgan fingerprint density at radius 1 is 0.938 bits per heavy atom. The molecule has 0 aromatic carbocycles. The second-order valence-corrected chi connectivity index (χ2v) is 3.93. The quantitative estimate of drug-likeness (QED) is 0.508. The lowest BCUT2D eigenvalue weighted by Gasteiger charge is -2.21. The minimum atomic E-state index is 0.798. The number of ether oxygens (including phenoxy) is 2. The summed E-state index contributed by atoms with van der Waals surface area (Å²) < 4.78 is 10.2. The third-order valence-electron chi connectivity index (χ3n) is 2.48. The maximum absolute atomic E-state index is 5.10. The lowest BCUT2D eigenvalue weighted by Crippen LogP contribution is -2.33. The molecule has 0 heterocycles. The van der Waals surface area contributed by atoms with Gasteiger partial charge in [0.25, 0.3) is 0 Å². The van der Waals surface area contributed by atoms with Crippen LogP contribution < -0.4 is 5.32 Å². The Labute approximate surface area is 100 Å². The number of hydrogen-bond acceptors (Lipinski definition) is 4. The number of rotatable bonds is 12. The molecule has 0 aromatic rings. The molecule has 0 aliphatic carbocycles. The predicted molar refractivity (Wildman–Crippen MR) is 68.0 cm³/mol. The summed E-state index contributed by atoms with van der Waals surface area (Å²) in [5, 5.41) is 3.41. The highest BCUT2D eigenvalue weighted by atomic mass is 16.5. The number of methoxy groups -OCH3 is 2. The van der Waals surface area contributed by atoms with Crippen molar-refractivity contribution in [3.8, 4) is 0 Å². The molecule has 0 atom stereocenters. The van der Waals surface area contributed by atoms with Crippen molar-refractivity contribution in [2.45, 2.75) is 19.8 Å². The van der Waals surface area contributed by atoms with Crippen molar-refractivity contribution >= 4 is 0 Å². The smallest absolute Gasteiger partial charge is 0.0589 e. The van der Waals surface area contributed by atoms with Crippen molar-refractivity contribution in [2.24, 2.45) is 0 Å². The molecule has 0 fully saturated rings. The van der Waals surface area contributed by atoms with Gasteiger partial charge in [0, 0.05) is 27.3 Å². The van der Waals surface area contributed by atoms with E-state index in [2.05, 4.69) is 17.1 Å². The molecule has 0 rings (SSSR count). The zero-order valence-corrected chi connectivity index (χ0v) is 11.1. The van der Waals surface area contributed by atoms with E-state index in [-0.39, 0.29) is 0 Å². The molecule has 16 heavy (non-hydrogen) atoms. The third kappa shape index (κ3) is 10.4. The van der Waals surface area contributed by atoms with Crippen LogP contribution in [0.3, 0.4) is 0 Å². The van der Waals surface area contributed by atoms with Crippen LogP contribution in [0, 0.1) is 0 Å². The van der Waals surface area contributed by atoms with Gasteiger partial charge in [0.05, 0.1) is 13.2 Å². The first-order valence-corrected chi connectivity index (χ1v) is 6.26. The molecule has 98 valence electrons. The van der Waals surface area contributed by atoms with Crippen LogP contribution in [0.5, 0.6) is 0 Å². The minimum Gasteiger partial charge on any atom is -0.383 e. The number of nitrogens with one attached hydrogen (secondary N) is 1. The summed E-state index contributed by atoms with van der Waals surface area (Å²) in [5.74, 6) is 0. The van der Waals surface area contributed by atoms with E-state index < -0.39 is 0 Å². The monoisotopic (exact) mass is 232 g/mol. The van der Waals surface area contributed by atoms with Gasteiger partial charge in [-0.3, -0.25) is 4.90 Å². The van der Waals surface area contributed by atoms with Gasteiger partial charge in [-0.25, -0.2) is 0 Å². The summed E-state index contributed by atoms with van der Waals surface area (Å²) in [5.41, 5.74) is 0. The van der Waals surface area contributed by atoms with Crippen LogP contribution in [0.25, 0.3) is 0 Å². The molecule has 0 saturated heterocycles. The van der Waals surface area contributed by atoms with Crippen LogP contribution in [0.1, 0.15) is 19.8 Å². The fourth-order valence-corrected chi connectivity index (χ4v) is 1.51. The average Bonchev–Trinajstić information content (AvgIpc) is 2.31. The van der Waals surface area contributed by atoms with Gasteiger partial charge in [-0.05, 0) is 32.5 Å². The third-order valence-corrected chi connectivity index (χ3v) is 2.48. The standard InChI is InChI=1S/C12H28N2O2/c1-4-6-13-7-5-8-14(9-11-15-2)10-12-16-3/h13H,4-12H2,1-3H3. The lowest BCUT2D eigenvalue weighted by atomic mass is 10.3. The fraction of sp³-hybridized carbons (Fsp3) is 1.00. The molecule has 4 nitrogen and oxygen atoms in total. The number of hydrogen-bond donors (Lipinski definition) is 1. The molecule has 0 aliphatic heterocycles. The highest BCUT2D eigenvalue weighted by Crippen LogP contribution is 1.92. The van der Waals surface area contributed by atoms with E-state index in [4.69, 9.17) is 9.47 Å². The Balaban J connectivity index is 3.48. The first-order valence-electron chi connectivity index (χ1n) is 6.26. The van der Waals surface area contributed by atoms with Crippen LogP contribution in [0.2, 0.25) is 0 Å². The normalized spacial score (nSPS) is 11.2. The van der Waals surface area contributed by atoms with Gasteiger partial charge in [-0.2, -0.15) is 0 Å². The molecule has 0 spiro atoms. The van der Waals surface area contributed by atoms with Crippen LogP contribution in [-0.2, 0) is 9.47 Å². The van der Waals surface area contributed by atoms with E-state index in [1.807, 2.05) is 0 Å². The average molecular weight is 232 g/mol. The maximum Gasteiger partial charge on any atom is 0.0589 e.